The summed E-state index contributed by atoms with van der Waals surface area (Å²) in [5.41, 5.74) is 1.18. The molecule has 34 heavy (non-hydrogen) atoms. The second-order valence-electron chi connectivity index (χ2n) is 7.68. The van der Waals surface area contributed by atoms with E-state index in [1.807, 2.05) is 12.1 Å². The van der Waals surface area contributed by atoms with Crippen molar-refractivity contribution in [2.75, 3.05) is 0 Å². The topological polar surface area (TPSA) is 149 Å². The Hall–Kier alpha value is -4.72. The highest BCUT2D eigenvalue weighted by atomic mass is 16.4. The van der Waals surface area contributed by atoms with Gasteiger partial charge in [0, 0.05) is 0 Å². The van der Waals surface area contributed by atoms with Crippen LogP contribution in [0.5, 0.6) is 0 Å². The van der Waals surface area contributed by atoms with Crippen molar-refractivity contribution in [1.82, 2.24) is 0 Å². The third-order valence-electron chi connectivity index (χ3n) is 5.86. The first kappa shape index (κ1) is 22.5. The van der Waals surface area contributed by atoms with Crippen molar-refractivity contribution >= 4 is 45.4 Å². The number of hydrogen-bond donors (Lipinski definition) is 4. The molecule has 0 aromatic heterocycles. The number of benzene rings is 4. The zero-order valence-corrected chi connectivity index (χ0v) is 17.6. The van der Waals surface area contributed by atoms with Crippen LogP contribution in [0.25, 0.3) is 21.5 Å². The van der Waals surface area contributed by atoms with Crippen molar-refractivity contribution in [3.05, 3.63) is 94.0 Å². The Kier molecular flexibility index (Phi) is 5.73. The third-order valence-corrected chi connectivity index (χ3v) is 5.86. The van der Waals surface area contributed by atoms with Gasteiger partial charge in [-0.3, -0.25) is 0 Å². The van der Waals surface area contributed by atoms with Gasteiger partial charge in [0.25, 0.3) is 0 Å². The quantitative estimate of drug-likeness (QED) is 0.347. The molecule has 0 fully saturated rings. The van der Waals surface area contributed by atoms with Gasteiger partial charge in [-0.15, -0.1) is 0 Å². The second-order valence-corrected chi connectivity index (χ2v) is 7.68. The van der Waals surface area contributed by atoms with Crippen LogP contribution in [-0.4, -0.2) is 44.3 Å². The SMILES string of the molecule is O=C(O)c1c2c(c3ccccc3c1C(=O)O)CC2.O=C(O)c1ccc2ccccc2c1C(=O)O. The number of carboxylic acid groups (broad SMARTS) is 4. The molecule has 4 aromatic rings. The molecule has 0 aliphatic heterocycles. The fraction of sp³-hybridized carbons (Fsp3) is 0.0769. The highest BCUT2D eigenvalue weighted by Gasteiger charge is 2.30. The summed E-state index contributed by atoms with van der Waals surface area (Å²) in [5, 5.41) is 39.0. The number of hydrogen-bond acceptors (Lipinski definition) is 4. The summed E-state index contributed by atoms with van der Waals surface area (Å²) in [6.07, 6.45) is 1.46. The highest BCUT2D eigenvalue weighted by molar-refractivity contribution is 6.14. The van der Waals surface area contributed by atoms with Gasteiger partial charge < -0.3 is 20.4 Å². The molecule has 0 saturated heterocycles. The molecule has 4 N–H and O–H groups in total. The molecule has 8 heteroatoms. The summed E-state index contributed by atoms with van der Waals surface area (Å²) in [6.45, 7) is 0. The number of aryl methyl sites for hydroxylation is 1. The zero-order chi connectivity index (χ0) is 24.6. The van der Waals surface area contributed by atoms with Crippen LogP contribution in [0, 0.1) is 0 Å². The molecule has 1 aliphatic carbocycles. The van der Waals surface area contributed by atoms with Gasteiger partial charge in [-0.2, -0.15) is 0 Å². The van der Waals surface area contributed by atoms with Crippen molar-refractivity contribution in [3.63, 3.8) is 0 Å². The monoisotopic (exact) mass is 458 g/mol. The summed E-state index contributed by atoms with van der Waals surface area (Å²) in [6, 6.07) is 16.8. The van der Waals surface area contributed by atoms with E-state index >= 15 is 0 Å². The van der Waals surface area contributed by atoms with Crippen molar-refractivity contribution in [2.24, 2.45) is 0 Å². The maximum Gasteiger partial charge on any atom is 0.337 e. The van der Waals surface area contributed by atoms with Crippen molar-refractivity contribution in [1.29, 1.82) is 0 Å². The molecule has 0 spiro atoms. The summed E-state index contributed by atoms with van der Waals surface area (Å²) >= 11 is 0. The smallest absolute Gasteiger partial charge is 0.337 e. The fourth-order valence-electron chi connectivity index (χ4n) is 4.34. The summed E-state index contributed by atoms with van der Waals surface area (Å²) < 4.78 is 0. The van der Waals surface area contributed by atoms with E-state index in [2.05, 4.69) is 0 Å². The molecule has 0 heterocycles. The second kappa shape index (κ2) is 8.67. The lowest BCUT2D eigenvalue weighted by Gasteiger charge is -2.25. The van der Waals surface area contributed by atoms with Crippen molar-refractivity contribution < 1.29 is 39.6 Å². The molecule has 0 bridgehead atoms. The van der Waals surface area contributed by atoms with Crippen molar-refractivity contribution in [2.45, 2.75) is 12.8 Å². The van der Waals surface area contributed by atoms with Crippen LogP contribution in [0.4, 0.5) is 0 Å². The van der Waals surface area contributed by atoms with Gasteiger partial charge in [-0.05, 0) is 51.6 Å². The first-order chi connectivity index (χ1) is 16.2. The summed E-state index contributed by atoms with van der Waals surface area (Å²) in [7, 11) is 0. The van der Waals surface area contributed by atoms with Crippen LogP contribution in [0.2, 0.25) is 0 Å². The molecule has 8 nitrogen and oxygen atoms in total. The minimum absolute atomic E-state index is 0.0394. The molecule has 0 saturated carbocycles. The Balaban J connectivity index is 0.000000162. The van der Waals surface area contributed by atoms with Crippen LogP contribution in [0.1, 0.15) is 52.6 Å². The largest absolute Gasteiger partial charge is 0.478 e. The van der Waals surface area contributed by atoms with Crippen LogP contribution >= 0.6 is 0 Å². The van der Waals surface area contributed by atoms with Crippen LogP contribution < -0.4 is 0 Å². The molecule has 1 aliphatic rings. The standard InChI is InChI=1S/C14H10O4.C12H8O4/c15-13(16)11-9-4-2-1-3-7(9)8-5-6-10(8)12(11)14(17)18;13-11(14)9-6-5-7-3-1-2-4-8(7)10(9)12(15)16/h1-4H,5-6H2,(H,15,16)(H,17,18);1-6H,(H,13,14)(H,15,16). The van der Waals surface area contributed by atoms with E-state index in [9.17, 15) is 29.4 Å². The predicted molar refractivity (Wildman–Crippen MR) is 123 cm³/mol. The third kappa shape index (κ3) is 3.71. The minimum atomic E-state index is -1.23. The Morgan fingerprint density at radius 3 is 1.56 bits per heavy atom. The molecular weight excluding hydrogens is 440 g/mol. The molecule has 170 valence electrons. The number of fused-ring (bicyclic) bond motifs is 4. The first-order valence-electron chi connectivity index (χ1n) is 10.2. The normalized spacial score (nSPS) is 11.6. The molecule has 0 amide bonds. The average molecular weight is 458 g/mol. The fourth-order valence-corrected chi connectivity index (χ4v) is 4.34. The van der Waals surface area contributed by atoms with Crippen molar-refractivity contribution in [3.8, 4) is 0 Å². The van der Waals surface area contributed by atoms with Gasteiger partial charge in [0.05, 0.1) is 22.3 Å². The number of carbonyl (C=O) groups is 4. The maximum atomic E-state index is 11.4. The van der Waals surface area contributed by atoms with Gasteiger partial charge in [-0.25, -0.2) is 19.2 Å². The van der Waals surface area contributed by atoms with Gasteiger partial charge in [0.15, 0.2) is 0 Å². The van der Waals surface area contributed by atoms with Gasteiger partial charge in [0.2, 0.25) is 0 Å². The number of rotatable bonds is 4. The minimum Gasteiger partial charge on any atom is -0.478 e. The van der Waals surface area contributed by atoms with E-state index in [0.717, 1.165) is 17.4 Å². The maximum absolute atomic E-state index is 11.4. The Bertz CT molecular complexity index is 1520. The average Bonchev–Trinajstić information content (AvgIpc) is 2.77. The van der Waals surface area contributed by atoms with Crippen LogP contribution in [0.15, 0.2) is 60.7 Å². The Labute approximate surface area is 192 Å². The van der Waals surface area contributed by atoms with Gasteiger partial charge >= 0.3 is 23.9 Å². The van der Waals surface area contributed by atoms with E-state index in [4.69, 9.17) is 10.2 Å². The lowest BCUT2D eigenvalue weighted by Crippen LogP contribution is -2.20. The number of aromatic carboxylic acids is 4. The van der Waals surface area contributed by atoms with E-state index in [1.165, 1.54) is 6.07 Å². The summed E-state index contributed by atoms with van der Waals surface area (Å²) in [4.78, 5) is 44.7. The van der Waals surface area contributed by atoms with E-state index in [0.29, 0.717) is 28.1 Å². The van der Waals surface area contributed by atoms with Crippen LogP contribution in [0.3, 0.4) is 0 Å². The Morgan fingerprint density at radius 2 is 1.03 bits per heavy atom. The Morgan fingerprint density at radius 1 is 0.500 bits per heavy atom. The van der Waals surface area contributed by atoms with E-state index in [-0.39, 0.29) is 22.3 Å². The molecule has 5 rings (SSSR count). The lowest BCUT2D eigenvalue weighted by atomic mass is 9.78. The molecular formula is C26H18O8. The molecule has 4 aromatic carbocycles. The zero-order valence-electron chi connectivity index (χ0n) is 17.6. The molecule has 0 radical (unpaired) electrons. The lowest BCUT2D eigenvalue weighted by molar-refractivity contribution is 0.0651. The summed E-state index contributed by atoms with van der Waals surface area (Å²) in [5.74, 6) is -4.80. The highest BCUT2D eigenvalue weighted by Crippen LogP contribution is 2.37. The van der Waals surface area contributed by atoms with E-state index in [1.54, 1.807) is 42.5 Å². The molecule has 0 atom stereocenters. The van der Waals surface area contributed by atoms with Gasteiger partial charge in [0.1, 0.15) is 0 Å². The van der Waals surface area contributed by atoms with E-state index < -0.39 is 23.9 Å². The predicted octanol–water partition coefficient (Wildman–Crippen LogP) is 4.57. The molecule has 0 unspecified atom stereocenters. The number of carboxylic acids is 4. The first-order valence-corrected chi connectivity index (χ1v) is 10.2. The van der Waals surface area contributed by atoms with Crippen LogP contribution in [-0.2, 0) is 12.8 Å². The van der Waals surface area contributed by atoms with Gasteiger partial charge in [-0.1, -0.05) is 54.6 Å².